The van der Waals surface area contributed by atoms with E-state index >= 15 is 0 Å². The van der Waals surface area contributed by atoms with Crippen molar-refractivity contribution in [2.75, 3.05) is 20.4 Å². The van der Waals surface area contributed by atoms with Crippen molar-refractivity contribution in [2.24, 2.45) is 0 Å². The van der Waals surface area contributed by atoms with Crippen LogP contribution in [0.15, 0.2) is 91.0 Å². The summed E-state index contributed by atoms with van der Waals surface area (Å²) in [5, 5.41) is 25.7. The van der Waals surface area contributed by atoms with E-state index in [2.05, 4.69) is 91.0 Å². The zero-order valence-electron chi connectivity index (χ0n) is 22.6. The van der Waals surface area contributed by atoms with Crippen LogP contribution in [0.25, 0.3) is 0 Å². The van der Waals surface area contributed by atoms with Crippen molar-refractivity contribution in [3.63, 3.8) is 0 Å². The Labute approximate surface area is 227 Å². The maximum absolute atomic E-state index is 10.8. The van der Waals surface area contributed by atoms with Crippen LogP contribution in [-0.2, 0) is 6.42 Å². The molecule has 5 heteroatoms. The number of phenols is 2. The van der Waals surface area contributed by atoms with Gasteiger partial charge in [-0.2, -0.15) is 0 Å². The van der Waals surface area contributed by atoms with E-state index in [1.165, 1.54) is 30.1 Å². The molecular weight excluding hydrogens is 491 g/mol. The number of ether oxygens (including phenoxy) is 2. The van der Waals surface area contributed by atoms with Gasteiger partial charge in [-0.1, -0.05) is 0 Å². The normalized spacial score (nSPS) is 11.8. The van der Waals surface area contributed by atoms with Crippen molar-refractivity contribution in [3.8, 4) is 23.0 Å². The Balaban J connectivity index is 1.51. The Morgan fingerprint density at radius 3 is 1.45 bits per heavy atom. The van der Waals surface area contributed by atoms with E-state index in [0.717, 1.165) is 37.4 Å². The predicted molar refractivity (Wildman–Crippen MR) is 161 cm³/mol. The van der Waals surface area contributed by atoms with Crippen LogP contribution in [0.4, 0.5) is 0 Å². The minimum absolute atomic E-state index is 0.0292. The number of hydrogen-bond donors (Lipinski definition) is 2. The fraction of sp³-hybridized carbons (Fsp3) is 0.273. The van der Waals surface area contributed by atoms with Crippen molar-refractivity contribution < 1.29 is 19.7 Å². The van der Waals surface area contributed by atoms with Crippen molar-refractivity contribution >= 4 is 23.2 Å². The molecule has 4 aromatic carbocycles. The van der Waals surface area contributed by atoms with Gasteiger partial charge in [0.05, 0.1) is 0 Å². The second-order valence-electron chi connectivity index (χ2n) is 9.78. The minimum atomic E-state index is -2.20. The van der Waals surface area contributed by atoms with Gasteiger partial charge in [-0.05, 0) is 0 Å². The SMILES string of the molecule is COc1c(O)c(C)c(CCCCCC[PH](c2ccccc2)(c2ccccc2)c2ccccc2)c(O)c1OC. The van der Waals surface area contributed by atoms with Crippen molar-refractivity contribution in [3.05, 3.63) is 102 Å². The molecule has 2 N–H and O–H groups in total. The molecule has 200 valence electrons. The molecule has 0 aliphatic heterocycles. The third-order valence-electron chi connectivity index (χ3n) is 7.67. The van der Waals surface area contributed by atoms with E-state index in [1.807, 2.05) is 6.92 Å². The standard InChI is InChI=1S/C33H39O4P/c1-25-29(31(35)33(37-3)32(36-2)30(25)34)23-15-4-5-16-24-38(26-17-9-6-10-18-26,27-19-11-7-12-20-27)28-21-13-8-14-22-28/h6-14,17-22,34-35,38H,4-5,15-16,23-24H2,1-3H3. The fourth-order valence-electron chi connectivity index (χ4n) is 5.67. The number of unbranched alkanes of at least 4 members (excludes halogenated alkanes) is 3. The first kappa shape index (κ1) is 27.5. The molecule has 0 saturated heterocycles. The Kier molecular flexibility index (Phi) is 9.31. The fourth-order valence-corrected chi connectivity index (χ4v) is 10.6. The summed E-state index contributed by atoms with van der Waals surface area (Å²) in [6.07, 6.45) is 5.97. The number of aromatic hydroxyl groups is 2. The van der Waals surface area contributed by atoms with E-state index < -0.39 is 7.26 Å². The van der Waals surface area contributed by atoms with Gasteiger partial charge in [-0.3, -0.25) is 0 Å². The van der Waals surface area contributed by atoms with Gasteiger partial charge in [0.1, 0.15) is 0 Å². The molecule has 4 aromatic rings. The van der Waals surface area contributed by atoms with Crippen LogP contribution in [0.5, 0.6) is 23.0 Å². The molecule has 4 nitrogen and oxygen atoms in total. The topological polar surface area (TPSA) is 58.9 Å². The summed E-state index contributed by atoms with van der Waals surface area (Å²) >= 11 is 0. The summed E-state index contributed by atoms with van der Waals surface area (Å²) < 4.78 is 10.6. The molecule has 0 fully saturated rings. The molecule has 0 aliphatic carbocycles. The predicted octanol–water partition coefficient (Wildman–Crippen LogP) is 6.25. The maximum atomic E-state index is 10.8. The average molecular weight is 531 g/mol. The zero-order valence-corrected chi connectivity index (χ0v) is 23.6. The first-order chi connectivity index (χ1) is 18.5. The van der Waals surface area contributed by atoms with E-state index in [1.54, 1.807) is 0 Å². The summed E-state index contributed by atoms with van der Waals surface area (Å²) in [5.41, 5.74) is 1.37. The monoisotopic (exact) mass is 530 g/mol. The van der Waals surface area contributed by atoms with Gasteiger partial charge in [0, 0.05) is 0 Å². The van der Waals surface area contributed by atoms with Crippen molar-refractivity contribution in [2.45, 2.75) is 39.0 Å². The van der Waals surface area contributed by atoms with Gasteiger partial charge in [-0.15, -0.1) is 0 Å². The second kappa shape index (κ2) is 12.8. The van der Waals surface area contributed by atoms with Gasteiger partial charge in [0.15, 0.2) is 0 Å². The molecule has 38 heavy (non-hydrogen) atoms. The molecule has 0 atom stereocenters. The van der Waals surface area contributed by atoms with Gasteiger partial charge in [0.2, 0.25) is 0 Å². The molecule has 0 saturated carbocycles. The molecule has 4 rings (SSSR count). The Hall–Kier alpha value is -3.49. The number of benzene rings is 4. The first-order valence-electron chi connectivity index (χ1n) is 13.4. The molecule has 0 bridgehead atoms. The average Bonchev–Trinajstić information content (AvgIpc) is 2.97. The summed E-state index contributed by atoms with van der Waals surface area (Å²) in [6, 6.07) is 33.1. The van der Waals surface area contributed by atoms with E-state index in [4.69, 9.17) is 9.47 Å². The van der Waals surface area contributed by atoms with Crippen LogP contribution in [0, 0.1) is 6.92 Å². The first-order valence-corrected chi connectivity index (χ1v) is 15.6. The van der Waals surface area contributed by atoms with Crippen LogP contribution < -0.4 is 25.4 Å². The summed E-state index contributed by atoms with van der Waals surface area (Å²) in [5.74, 6) is 0.454. The number of rotatable bonds is 12. The number of phenolic OH excluding ortho intramolecular Hbond substituents is 2. The van der Waals surface area contributed by atoms with Crippen LogP contribution in [0.2, 0.25) is 0 Å². The van der Waals surface area contributed by atoms with Crippen LogP contribution in [0.3, 0.4) is 0 Å². The van der Waals surface area contributed by atoms with Gasteiger partial charge >= 0.3 is 227 Å². The summed E-state index contributed by atoms with van der Waals surface area (Å²) in [4.78, 5) is 0. The number of hydrogen-bond acceptors (Lipinski definition) is 4. The van der Waals surface area contributed by atoms with Crippen molar-refractivity contribution in [1.29, 1.82) is 0 Å². The van der Waals surface area contributed by atoms with Crippen molar-refractivity contribution in [1.82, 2.24) is 0 Å². The summed E-state index contributed by atoms with van der Waals surface area (Å²) in [6.45, 7) is 1.81. The molecule has 0 radical (unpaired) electrons. The Morgan fingerprint density at radius 2 is 1.00 bits per heavy atom. The van der Waals surface area contributed by atoms with E-state index in [0.29, 0.717) is 12.0 Å². The molecule has 0 aromatic heterocycles. The third-order valence-corrected chi connectivity index (χ3v) is 12.7. The summed E-state index contributed by atoms with van der Waals surface area (Å²) in [7, 11) is 0.729. The van der Waals surface area contributed by atoms with Crippen LogP contribution >= 0.6 is 7.26 Å². The van der Waals surface area contributed by atoms with Gasteiger partial charge in [0.25, 0.3) is 0 Å². The molecular formula is C33H39O4P. The van der Waals surface area contributed by atoms with Gasteiger partial charge in [-0.25, -0.2) is 0 Å². The Morgan fingerprint density at radius 1 is 0.579 bits per heavy atom. The van der Waals surface area contributed by atoms with Crippen LogP contribution in [-0.4, -0.2) is 30.6 Å². The van der Waals surface area contributed by atoms with Crippen LogP contribution in [0.1, 0.15) is 36.8 Å². The molecule has 0 spiro atoms. The molecule has 0 unspecified atom stereocenters. The second-order valence-corrected chi connectivity index (χ2v) is 13.8. The molecule has 0 aliphatic rings. The van der Waals surface area contributed by atoms with E-state index in [9.17, 15) is 10.2 Å². The third kappa shape index (κ3) is 5.51. The number of methoxy groups -OCH3 is 2. The molecule has 0 amide bonds. The molecule has 0 heterocycles. The van der Waals surface area contributed by atoms with E-state index in [-0.39, 0.29) is 23.0 Å². The zero-order chi connectivity index (χ0) is 27.0. The van der Waals surface area contributed by atoms with Gasteiger partial charge < -0.3 is 0 Å². The Bertz CT molecular complexity index is 1210. The quantitative estimate of drug-likeness (QED) is 0.129.